The maximum atomic E-state index is 11.1. The van der Waals surface area contributed by atoms with E-state index in [1.807, 2.05) is 13.8 Å². The first-order chi connectivity index (χ1) is 7.93. The van der Waals surface area contributed by atoms with Gasteiger partial charge in [-0.05, 0) is 12.8 Å². The van der Waals surface area contributed by atoms with Gasteiger partial charge < -0.3 is 5.11 Å². The molecule has 0 aromatic carbocycles. The summed E-state index contributed by atoms with van der Waals surface area (Å²) in [6.07, 6.45) is 0.484. The summed E-state index contributed by atoms with van der Waals surface area (Å²) in [5.41, 5.74) is 1.03. The molecule has 0 spiro atoms. The second kappa shape index (κ2) is 5.27. The molecular formula is C11H19N3O3. The second-order valence-corrected chi connectivity index (χ2v) is 4.18. The molecule has 0 aliphatic heterocycles. The van der Waals surface area contributed by atoms with E-state index in [-0.39, 0.29) is 11.6 Å². The van der Waals surface area contributed by atoms with Gasteiger partial charge >= 0.3 is 5.69 Å². The van der Waals surface area contributed by atoms with Crippen molar-refractivity contribution in [1.29, 1.82) is 0 Å². The number of aromatic nitrogens is 2. The van der Waals surface area contributed by atoms with Crippen molar-refractivity contribution >= 4 is 5.69 Å². The maximum absolute atomic E-state index is 11.1. The standard InChI is InChI=1S/C11H19N3O3/c1-5-8-11(14(16)17)10(13(4)12-8)7(3)9(15)6-2/h7,9,15H,5-6H2,1-4H3. The lowest BCUT2D eigenvalue weighted by Gasteiger charge is -2.16. The van der Waals surface area contributed by atoms with E-state index < -0.39 is 11.0 Å². The van der Waals surface area contributed by atoms with Gasteiger partial charge in [0.1, 0.15) is 11.4 Å². The molecule has 0 amide bonds. The third-order valence-electron chi connectivity index (χ3n) is 3.08. The van der Waals surface area contributed by atoms with Crippen LogP contribution in [0, 0.1) is 10.1 Å². The SMILES string of the molecule is CCc1nn(C)c(C(C)C(O)CC)c1[N+](=O)[O-]. The van der Waals surface area contributed by atoms with Gasteiger partial charge in [0.2, 0.25) is 0 Å². The van der Waals surface area contributed by atoms with Gasteiger partial charge in [0.25, 0.3) is 0 Å². The van der Waals surface area contributed by atoms with Crippen LogP contribution in [-0.4, -0.2) is 25.9 Å². The Balaban J connectivity index is 3.31. The Bertz CT molecular complexity index is 414. The van der Waals surface area contributed by atoms with Gasteiger partial charge in [-0.1, -0.05) is 20.8 Å². The average Bonchev–Trinajstić information content (AvgIpc) is 2.64. The van der Waals surface area contributed by atoms with Crippen LogP contribution in [0.1, 0.15) is 44.5 Å². The highest BCUT2D eigenvalue weighted by molar-refractivity contribution is 5.43. The van der Waals surface area contributed by atoms with Gasteiger partial charge in [-0.3, -0.25) is 14.8 Å². The predicted octanol–water partition coefficient (Wildman–Crippen LogP) is 1.77. The van der Waals surface area contributed by atoms with E-state index in [0.29, 0.717) is 24.2 Å². The summed E-state index contributed by atoms with van der Waals surface area (Å²) >= 11 is 0. The number of hydrogen-bond acceptors (Lipinski definition) is 4. The van der Waals surface area contributed by atoms with Crippen molar-refractivity contribution < 1.29 is 10.0 Å². The van der Waals surface area contributed by atoms with Gasteiger partial charge in [0, 0.05) is 13.0 Å². The first-order valence-electron chi connectivity index (χ1n) is 5.82. The first kappa shape index (κ1) is 13.6. The van der Waals surface area contributed by atoms with Crippen LogP contribution in [0.4, 0.5) is 5.69 Å². The summed E-state index contributed by atoms with van der Waals surface area (Å²) in [4.78, 5) is 10.7. The molecule has 0 saturated carbocycles. The highest BCUT2D eigenvalue weighted by Gasteiger charge is 2.31. The topological polar surface area (TPSA) is 81.2 Å². The molecule has 2 unspecified atom stereocenters. The Kier molecular flexibility index (Phi) is 4.22. The summed E-state index contributed by atoms with van der Waals surface area (Å²) < 4.78 is 1.51. The number of rotatable bonds is 5. The number of nitrogens with zero attached hydrogens (tertiary/aromatic N) is 3. The Morgan fingerprint density at radius 2 is 2.12 bits per heavy atom. The van der Waals surface area contributed by atoms with Crippen molar-refractivity contribution in [3.63, 3.8) is 0 Å². The molecule has 0 bridgehead atoms. The molecule has 0 saturated heterocycles. The molecule has 17 heavy (non-hydrogen) atoms. The third kappa shape index (κ3) is 2.46. The maximum Gasteiger partial charge on any atom is 0.313 e. The van der Waals surface area contributed by atoms with Gasteiger partial charge in [0.15, 0.2) is 0 Å². The van der Waals surface area contributed by atoms with Crippen LogP contribution < -0.4 is 0 Å². The van der Waals surface area contributed by atoms with Crippen molar-refractivity contribution in [2.45, 2.75) is 45.6 Å². The highest BCUT2D eigenvalue weighted by Crippen LogP contribution is 2.32. The van der Waals surface area contributed by atoms with Crippen molar-refractivity contribution in [3.05, 3.63) is 21.5 Å². The van der Waals surface area contributed by atoms with Crippen molar-refractivity contribution in [2.24, 2.45) is 7.05 Å². The molecule has 0 fully saturated rings. The first-order valence-corrected chi connectivity index (χ1v) is 5.82. The zero-order chi connectivity index (χ0) is 13.2. The number of hydrogen-bond donors (Lipinski definition) is 1. The smallest absolute Gasteiger partial charge is 0.313 e. The van der Waals surface area contributed by atoms with Crippen LogP contribution in [0.5, 0.6) is 0 Å². The van der Waals surface area contributed by atoms with Gasteiger partial charge in [-0.2, -0.15) is 5.10 Å². The van der Waals surface area contributed by atoms with E-state index in [9.17, 15) is 15.2 Å². The van der Waals surface area contributed by atoms with Crippen LogP contribution in [0.25, 0.3) is 0 Å². The van der Waals surface area contributed by atoms with Crippen LogP contribution in [-0.2, 0) is 13.5 Å². The fourth-order valence-electron chi connectivity index (χ4n) is 2.07. The van der Waals surface area contributed by atoms with Crippen molar-refractivity contribution in [3.8, 4) is 0 Å². The molecule has 1 rings (SSSR count). The Labute approximate surface area is 100 Å². The largest absolute Gasteiger partial charge is 0.392 e. The van der Waals surface area contributed by atoms with E-state index >= 15 is 0 Å². The van der Waals surface area contributed by atoms with Crippen molar-refractivity contribution in [1.82, 2.24) is 9.78 Å². The van der Waals surface area contributed by atoms with Crippen molar-refractivity contribution in [2.75, 3.05) is 0 Å². The Hall–Kier alpha value is -1.43. The molecule has 1 N–H and O–H groups in total. The van der Waals surface area contributed by atoms with Crippen LogP contribution in [0.15, 0.2) is 0 Å². The summed E-state index contributed by atoms with van der Waals surface area (Å²) in [6.45, 7) is 5.47. The minimum Gasteiger partial charge on any atom is -0.392 e. The third-order valence-corrected chi connectivity index (χ3v) is 3.08. The molecule has 96 valence electrons. The lowest BCUT2D eigenvalue weighted by molar-refractivity contribution is -0.386. The highest BCUT2D eigenvalue weighted by atomic mass is 16.6. The van der Waals surface area contributed by atoms with E-state index in [4.69, 9.17) is 0 Å². The van der Waals surface area contributed by atoms with E-state index in [2.05, 4.69) is 5.10 Å². The fourth-order valence-corrected chi connectivity index (χ4v) is 2.07. The number of aryl methyl sites for hydroxylation is 2. The molecular weight excluding hydrogens is 222 g/mol. The number of aliphatic hydroxyl groups excluding tert-OH is 1. The molecule has 6 nitrogen and oxygen atoms in total. The van der Waals surface area contributed by atoms with Crippen LogP contribution in [0.3, 0.4) is 0 Å². The summed E-state index contributed by atoms with van der Waals surface area (Å²) in [7, 11) is 1.68. The summed E-state index contributed by atoms with van der Waals surface area (Å²) in [6, 6.07) is 0. The number of aliphatic hydroxyl groups is 1. The minimum absolute atomic E-state index is 0.0509. The van der Waals surface area contributed by atoms with E-state index in [0.717, 1.165) is 0 Å². The molecule has 1 aromatic heterocycles. The van der Waals surface area contributed by atoms with Gasteiger partial charge in [-0.15, -0.1) is 0 Å². The lowest BCUT2D eigenvalue weighted by Crippen LogP contribution is -2.18. The van der Waals surface area contributed by atoms with Gasteiger partial charge in [-0.25, -0.2) is 0 Å². The molecule has 1 heterocycles. The Morgan fingerprint density at radius 3 is 2.53 bits per heavy atom. The zero-order valence-corrected chi connectivity index (χ0v) is 10.7. The van der Waals surface area contributed by atoms with Gasteiger partial charge in [0.05, 0.1) is 11.0 Å². The van der Waals surface area contributed by atoms with E-state index in [1.54, 1.807) is 14.0 Å². The molecule has 2 atom stereocenters. The van der Waals surface area contributed by atoms with Crippen LogP contribution in [0.2, 0.25) is 0 Å². The second-order valence-electron chi connectivity index (χ2n) is 4.18. The fraction of sp³-hybridized carbons (Fsp3) is 0.727. The lowest BCUT2D eigenvalue weighted by atomic mass is 9.97. The average molecular weight is 241 g/mol. The zero-order valence-electron chi connectivity index (χ0n) is 10.7. The minimum atomic E-state index is -0.589. The van der Waals surface area contributed by atoms with E-state index in [1.165, 1.54) is 4.68 Å². The normalized spacial score (nSPS) is 14.6. The molecule has 6 heteroatoms. The summed E-state index contributed by atoms with van der Waals surface area (Å²) in [5, 5.41) is 25.1. The molecule has 0 aliphatic rings. The Morgan fingerprint density at radius 1 is 1.53 bits per heavy atom. The molecule has 0 aliphatic carbocycles. The molecule has 1 aromatic rings. The quantitative estimate of drug-likeness (QED) is 0.629. The predicted molar refractivity (Wildman–Crippen MR) is 64.0 cm³/mol. The van der Waals surface area contributed by atoms with Crippen LogP contribution >= 0.6 is 0 Å². The number of nitro groups is 1. The monoisotopic (exact) mass is 241 g/mol. The molecule has 0 radical (unpaired) electrons. The summed E-state index contributed by atoms with van der Waals surface area (Å²) in [5.74, 6) is -0.293.